The van der Waals surface area contributed by atoms with E-state index in [4.69, 9.17) is 4.74 Å². The number of rotatable bonds is 5. The van der Waals surface area contributed by atoms with Crippen molar-refractivity contribution in [3.63, 3.8) is 0 Å². The van der Waals surface area contributed by atoms with Crippen molar-refractivity contribution >= 4 is 15.7 Å². The van der Waals surface area contributed by atoms with Crippen LogP contribution in [0.25, 0.3) is 0 Å². The van der Waals surface area contributed by atoms with Gasteiger partial charge in [-0.2, -0.15) is 0 Å². The minimum atomic E-state index is -3.00. The van der Waals surface area contributed by atoms with Gasteiger partial charge in [0.25, 0.3) is 5.91 Å². The number of likely N-dealkylation sites (N-methyl/N-ethyl adjacent to an activating group) is 1. The van der Waals surface area contributed by atoms with Crippen LogP contribution in [0.15, 0.2) is 18.2 Å². The third-order valence-corrected chi connectivity index (χ3v) is 5.97. The van der Waals surface area contributed by atoms with E-state index in [9.17, 15) is 13.2 Å². The van der Waals surface area contributed by atoms with E-state index in [1.54, 1.807) is 4.90 Å². The van der Waals surface area contributed by atoms with Crippen LogP contribution in [0, 0.1) is 13.8 Å². The summed E-state index contributed by atoms with van der Waals surface area (Å²) in [7, 11) is -3.00. The summed E-state index contributed by atoms with van der Waals surface area (Å²) >= 11 is 0. The molecular formula is C16H23NO4S. The first-order valence-corrected chi connectivity index (χ1v) is 9.35. The van der Waals surface area contributed by atoms with Crippen molar-refractivity contribution in [1.29, 1.82) is 0 Å². The fraction of sp³-hybridized carbons (Fsp3) is 0.562. The zero-order chi connectivity index (χ0) is 16.3. The second-order valence-electron chi connectivity index (χ2n) is 5.72. The lowest BCUT2D eigenvalue weighted by molar-refractivity contribution is -0.135. The van der Waals surface area contributed by atoms with Crippen molar-refractivity contribution in [1.82, 2.24) is 4.90 Å². The SMILES string of the molecule is CCN(C(=O)COc1cccc(C)c1C)C1CCS(=O)(=O)C1. The van der Waals surface area contributed by atoms with Gasteiger partial charge in [-0.25, -0.2) is 8.42 Å². The Kier molecular flexibility index (Phi) is 5.11. The van der Waals surface area contributed by atoms with Crippen LogP contribution in [-0.2, 0) is 14.6 Å². The maximum atomic E-state index is 12.3. The average Bonchev–Trinajstić information content (AvgIpc) is 2.81. The summed E-state index contributed by atoms with van der Waals surface area (Å²) < 4.78 is 28.8. The first kappa shape index (κ1) is 16.8. The highest BCUT2D eigenvalue weighted by atomic mass is 32.2. The molecule has 0 saturated carbocycles. The Labute approximate surface area is 132 Å². The Balaban J connectivity index is 2.00. The molecule has 1 amide bonds. The molecule has 1 unspecified atom stereocenters. The van der Waals surface area contributed by atoms with Gasteiger partial charge >= 0.3 is 0 Å². The Bertz CT molecular complexity index is 654. The fourth-order valence-electron chi connectivity index (χ4n) is 2.76. The minimum Gasteiger partial charge on any atom is -0.483 e. The van der Waals surface area contributed by atoms with Gasteiger partial charge in [-0.1, -0.05) is 12.1 Å². The first-order valence-electron chi connectivity index (χ1n) is 7.53. The number of hydrogen-bond acceptors (Lipinski definition) is 4. The smallest absolute Gasteiger partial charge is 0.260 e. The summed E-state index contributed by atoms with van der Waals surface area (Å²) in [5.41, 5.74) is 2.13. The molecule has 0 radical (unpaired) electrons. The number of hydrogen-bond donors (Lipinski definition) is 0. The largest absolute Gasteiger partial charge is 0.483 e. The number of amides is 1. The molecule has 1 heterocycles. The van der Waals surface area contributed by atoms with Crippen molar-refractivity contribution in [2.24, 2.45) is 0 Å². The highest BCUT2D eigenvalue weighted by molar-refractivity contribution is 7.91. The van der Waals surface area contributed by atoms with Crippen LogP contribution in [0.4, 0.5) is 0 Å². The predicted molar refractivity (Wildman–Crippen MR) is 85.9 cm³/mol. The van der Waals surface area contributed by atoms with Gasteiger partial charge in [0.15, 0.2) is 16.4 Å². The zero-order valence-electron chi connectivity index (χ0n) is 13.3. The van der Waals surface area contributed by atoms with Crippen molar-refractivity contribution in [2.75, 3.05) is 24.7 Å². The molecule has 0 aliphatic carbocycles. The topological polar surface area (TPSA) is 63.7 Å². The zero-order valence-corrected chi connectivity index (χ0v) is 14.1. The van der Waals surface area contributed by atoms with Gasteiger partial charge in [-0.15, -0.1) is 0 Å². The number of nitrogens with zero attached hydrogens (tertiary/aromatic N) is 1. The maximum Gasteiger partial charge on any atom is 0.260 e. The van der Waals surface area contributed by atoms with Crippen LogP contribution in [-0.4, -0.2) is 49.9 Å². The Morgan fingerprint density at radius 3 is 2.68 bits per heavy atom. The molecule has 1 aliphatic heterocycles. The molecular weight excluding hydrogens is 302 g/mol. The van der Waals surface area contributed by atoms with E-state index >= 15 is 0 Å². The predicted octanol–water partition coefficient (Wildman–Crippen LogP) is 1.72. The second-order valence-corrected chi connectivity index (χ2v) is 7.95. The van der Waals surface area contributed by atoms with Crippen LogP contribution in [0.2, 0.25) is 0 Å². The first-order chi connectivity index (χ1) is 10.3. The summed E-state index contributed by atoms with van der Waals surface area (Å²) in [5.74, 6) is 0.768. The van der Waals surface area contributed by atoms with E-state index in [1.165, 1.54) is 0 Å². The third-order valence-electron chi connectivity index (χ3n) is 4.22. The summed E-state index contributed by atoms with van der Waals surface area (Å²) in [6.07, 6.45) is 0.519. The van der Waals surface area contributed by atoms with Crippen molar-refractivity contribution < 1.29 is 17.9 Å². The van der Waals surface area contributed by atoms with E-state index in [2.05, 4.69) is 0 Å². The van der Waals surface area contributed by atoms with Crippen LogP contribution in [0.1, 0.15) is 24.5 Å². The third kappa shape index (κ3) is 3.80. The number of benzene rings is 1. The van der Waals surface area contributed by atoms with Crippen LogP contribution in [0.5, 0.6) is 5.75 Å². The molecule has 6 heteroatoms. The maximum absolute atomic E-state index is 12.3. The Morgan fingerprint density at radius 1 is 1.36 bits per heavy atom. The average molecular weight is 325 g/mol. The van der Waals surface area contributed by atoms with Crippen molar-refractivity contribution in [2.45, 2.75) is 33.2 Å². The highest BCUT2D eigenvalue weighted by Crippen LogP contribution is 2.21. The number of ether oxygens (including phenoxy) is 1. The normalized spacial score (nSPS) is 19.9. The molecule has 1 aromatic rings. The summed E-state index contributed by atoms with van der Waals surface area (Å²) in [5, 5.41) is 0. The molecule has 1 fully saturated rings. The molecule has 1 aliphatic rings. The van der Waals surface area contributed by atoms with Gasteiger partial charge in [-0.3, -0.25) is 4.79 Å². The molecule has 5 nitrogen and oxygen atoms in total. The quantitative estimate of drug-likeness (QED) is 0.827. The van der Waals surface area contributed by atoms with E-state index in [0.717, 1.165) is 11.1 Å². The Morgan fingerprint density at radius 2 is 2.09 bits per heavy atom. The number of aryl methyl sites for hydroxylation is 1. The van der Waals surface area contributed by atoms with E-state index < -0.39 is 9.84 Å². The van der Waals surface area contributed by atoms with E-state index in [1.807, 2.05) is 39.0 Å². The van der Waals surface area contributed by atoms with Gasteiger partial charge in [0.2, 0.25) is 0 Å². The van der Waals surface area contributed by atoms with Crippen LogP contribution >= 0.6 is 0 Å². The van der Waals surface area contributed by atoms with E-state index in [-0.39, 0.29) is 30.1 Å². The molecule has 22 heavy (non-hydrogen) atoms. The summed E-state index contributed by atoms with van der Waals surface area (Å²) in [6, 6.07) is 5.51. The summed E-state index contributed by atoms with van der Waals surface area (Å²) in [4.78, 5) is 14.0. The highest BCUT2D eigenvalue weighted by Gasteiger charge is 2.33. The van der Waals surface area contributed by atoms with E-state index in [0.29, 0.717) is 18.7 Å². The molecule has 1 saturated heterocycles. The number of carbonyl (C=O) groups is 1. The molecule has 122 valence electrons. The van der Waals surface area contributed by atoms with Crippen molar-refractivity contribution in [3.05, 3.63) is 29.3 Å². The fourth-order valence-corrected chi connectivity index (χ4v) is 4.49. The number of carbonyl (C=O) groups excluding carboxylic acids is 1. The summed E-state index contributed by atoms with van der Waals surface area (Å²) in [6.45, 7) is 6.24. The lowest BCUT2D eigenvalue weighted by Crippen LogP contribution is -2.43. The minimum absolute atomic E-state index is 0.0608. The lowest BCUT2D eigenvalue weighted by Gasteiger charge is -2.27. The van der Waals surface area contributed by atoms with Gasteiger partial charge in [0.05, 0.1) is 11.5 Å². The van der Waals surface area contributed by atoms with Crippen LogP contribution in [0.3, 0.4) is 0 Å². The second kappa shape index (κ2) is 6.69. The van der Waals surface area contributed by atoms with Gasteiger partial charge in [-0.05, 0) is 44.4 Å². The van der Waals surface area contributed by atoms with Gasteiger partial charge in [0, 0.05) is 12.6 Å². The molecule has 2 rings (SSSR count). The monoisotopic (exact) mass is 325 g/mol. The van der Waals surface area contributed by atoms with Crippen molar-refractivity contribution in [3.8, 4) is 5.75 Å². The molecule has 0 bridgehead atoms. The molecule has 1 atom stereocenters. The molecule has 0 spiro atoms. The number of sulfone groups is 1. The van der Waals surface area contributed by atoms with Gasteiger partial charge in [0.1, 0.15) is 5.75 Å². The lowest BCUT2D eigenvalue weighted by atomic mass is 10.1. The van der Waals surface area contributed by atoms with Gasteiger partial charge < -0.3 is 9.64 Å². The standard InChI is InChI=1S/C16H23NO4S/c1-4-17(14-8-9-22(19,20)11-14)16(18)10-21-15-7-5-6-12(2)13(15)3/h5-7,14H,4,8-11H2,1-3H3. The molecule has 0 aromatic heterocycles. The molecule has 0 N–H and O–H groups in total. The Hall–Kier alpha value is -1.56. The van der Waals surface area contributed by atoms with Crippen LogP contribution < -0.4 is 4.74 Å². The molecule has 1 aromatic carbocycles.